The molecule has 1 amide bonds. The highest BCUT2D eigenvalue weighted by molar-refractivity contribution is 6.36. The zero-order valence-electron chi connectivity index (χ0n) is 14.9. The van der Waals surface area contributed by atoms with E-state index >= 15 is 0 Å². The van der Waals surface area contributed by atoms with Crippen LogP contribution in [0.1, 0.15) is 16.1 Å². The van der Waals surface area contributed by atoms with Gasteiger partial charge in [-0.25, -0.2) is 9.78 Å². The van der Waals surface area contributed by atoms with E-state index < -0.39 is 18.5 Å². The van der Waals surface area contributed by atoms with E-state index in [0.29, 0.717) is 16.3 Å². The van der Waals surface area contributed by atoms with Crippen molar-refractivity contribution in [3.63, 3.8) is 0 Å². The number of pyridine rings is 1. The van der Waals surface area contributed by atoms with Crippen molar-refractivity contribution in [2.24, 2.45) is 0 Å². The number of amides is 1. The number of halogens is 2. The molecule has 3 aromatic rings. The molecule has 0 aliphatic heterocycles. The zero-order chi connectivity index (χ0) is 20.1. The molecular weight excluding hydrogens is 399 g/mol. The molecule has 0 aliphatic rings. The second-order valence-corrected chi connectivity index (χ2v) is 6.77. The van der Waals surface area contributed by atoms with Crippen molar-refractivity contribution >= 4 is 40.9 Å². The highest BCUT2D eigenvalue weighted by atomic mass is 35.5. The molecule has 1 aromatic heterocycles. The molecule has 3 rings (SSSR count). The summed E-state index contributed by atoms with van der Waals surface area (Å²) in [5.41, 5.74) is 2.90. The van der Waals surface area contributed by atoms with Gasteiger partial charge in [0.25, 0.3) is 5.91 Å². The lowest BCUT2D eigenvalue weighted by molar-refractivity contribution is -0.119. The molecule has 0 saturated heterocycles. The number of nitrogens with zero attached hydrogens (tertiary/aromatic N) is 1. The molecule has 0 spiro atoms. The molecular formula is C21H16Cl2N2O3. The van der Waals surface area contributed by atoms with Gasteiger partial charge in [0.1, 0.15) is 0 Å². The Hall–Kier alpha value is -2.89. The van der Waals surface area contributed by atoms with Gasteiger partial charge in [-0.05, 0) is 36.2 Å². The van der Waals surface area contributed by atoms with Gasteiger partial charge in [-0.15, -0.1) is 0 Å². The van der Waals surface area contributed by atoms with Gasteiger partial charge in [0.05, 0.1) is 21.3 Å². The second kappa shape index (κ2) is 8.87. The summed E-state index contributed by atoms with van der Waals surface area (Å²) in [6.45, 7) is 1.23. The molecule has 0 atom stereocenters. The summed E-state index contributed by atoms with van der Waals surface area (Å²) >= 11 is 11.9. The average molecular weight is 415 g/mol. The van der Waals surface area contributed by atoms with Gasteiger partial charge in [-0.1, -0.05) is 65.7 Å². The topological polar surface area (TPSA) is 68.3 Å². The molecule has 0 unspecified atom stereocenters. The Morgan fingerprint density at radius 3 is 2.29 bits per heavy atom. The molecule has 0 radical (unpaired) electrons. The maximum absolute atomic E-state index is 12.2. The number of ether oxygens (including phenoxy) is 1. The lowest BCUT2D eigenvalue weighted by Crippen LogP contribution is -2.21. The fraction of sp³-hybridized carbons (Fsp3) is 0.0952. The number of aryl methyl sites for hydroxylation is 1. The van der Waals surface area contributed by atoms with Crippen LogP contribution >= 0.6 is 23.2 Å². The SMILES string of the molecule is Cc1nc(NC(=O)COC(=O)c2ccc(-c3ccccc3)cc2)c(Cl)cc1Cl. The number of aromatic nitrogens is 1. The molecule has 28 heavy (non-hydrogen) atoms. The number of hydrogen-bond donors (Lipinski definition) is 1. The largest absolute Gasteiger partial charge is 0.452 e. The molecule has 2 aromatic carbocycles. The molecule has 1 N–H and O–H groups in total. The van der Waals surface area contributed by atoms with Crippen LogP contribution in [0.4, 0.5) is 5.82 Å². The first kappa shape index (κ1) is 19.9. The van der Waals surface area contributed by atoms with Gasteiger partial charge in [0.2, 0.25) is 0 Å². The lowest BCUT2D eigenvalue weighted by Gasteiger charge is -2.09. The van der Waals surface area contributed by atoms with Crippen molar-refractivity contribution in [2.45, 2.75) is 6.92 Å². The Balaban J connectivity index is 1.58. The van der Waals surface area contributed by atoms with E-state index in [9.17, 15) is 9.59 Å². The molecule has 5 nitrogen and oxygen atoms in total. The first-order valence-corrected chi connectivity index (χ1v) is 9.15. The van der Waals surface area contributed by atoms with Crippen molar-refractivity contribution in [2.75, 3.05) is 11.9 Å². The van der Waals surface area contributed by atoms with Gasteiger partial charge in [0, 0.05) is 0 Å². The molecule has 0 saturated carbocycles. The minimum absolute atomic E-state index is 0.164. The number of carbonyl (C=O) groups is 2. The molecule has 7 heteroatoms. The summed E-state index contributed by atoms with van der Waals surface area (Å²) in [5.74, 6) is -0.983. The van der Waals surface area contributed by atoms with Crippen LogP contribution in [-0.2, 0) is 9.53 Å². The standard InChI is InChI=1S/C21H16Cl2N2O3/c1-13-17(22)11-18(23)20(24-13)25-19(26)12-28-21(27)16-9-7-15(8-10-16)14-5-3-2-4-6-14/h2-11H,12H2,1H3,(H,24,25,26). The summed E-state index contributed by atoms with van der Waals surface area (Å²) < 4.78 is 5.05. The molecule has 0 bridgehead atoms. The summed E-state index contributed by atoms with van der Waals surface area (Å²) in [7, 11) is 0. The third-order valence-corrected chi connectivity index (χ3v) is 4.60. The van der Waals surface area contributed by atoms with Gasteiger partial charge >= 0.3 is 5.97 Å². The van der Waals surface area contributed by atoms with Crippen molar-refractivity contribution in [3.05, 3.63) is 82.0 Å². The maximum Gasteiger partial charge on any atom is 0.338 e. The van der Waals surface area contributed by atoms with Crippen LogP contribution in [0.2, 0.25) is 10.0 Å². The normalized spacial score (nSPS) is 10.4. The molecule has 0 fully saturated rings. The van der Waals surface area contributed by atoms with Crippen LogP contribution in [0.3, 0.4) is 0 Å². The fourth-order valence-electron chi connectivity index (χ4n) is 2.46. The summed E-state index contributed by atoms with van der Waals surface area (Å²) in [6.07, 6.45) is 0. The average Bonchev–Trinajstić information content (AvgIpc) is 2.71. The van der Waals surface area contributed by atoms with E-state index in [0.717, 1.165) is 11.1 Å². The maximum atomic E-state index is 12.2. The number of nitrogens with one attached hydrogen (secondary N) is 1. The van der Waals surface area contributed by atoms with E-state index in [4.69, 9.17) is 27.9 Å². The predicted octanol–water partition coefficient (Wildman–Crippen LogP) is 5.16. The Labute approximate surface area is 172 Å². The molecule has 0 aliphatic carbocycles. The van der Waals surface area contributed by atoms with Crippen LogP contribution in [0.5, 0.6) is 0 Å². The molecule has 1 heterocycles. The summed E-state index contributed by atoms with van der Waals surface area (Å²) in [6, 6.07) is 18.2. The van der Waals surface area contributed by atoms with Gasteiger partial charge in [-0.2, -0.15) is 0 Å². The van der Waals surface area contributed by atoms with E-state index in [1.807, 2.05) is 42.5 Å². The van der Waals surface area contributed by atoms with Crippen LogP contribution in [0, 0.1) is 6.92 Å². The van der Waals surface area contributed by atoms with E-state index in [1.54, 1.807) is 19.1 Å². The second-order valence-electron chi connectivity index (χ2n) is 5.95. The number of carbonyl (C=O) groups excluding carboxylic acids is 2. The zero-order valence-corrected chi connectivity index (χ0v) is 16.4. The Bertz CT molecular complexity index is 1010. The van der Waals surface area contributed by atoms with Crippen LogP contribution in [-0.4, -0.2) is 23.5 Å². The first-order valence-electron chi connectivity index (χ1n) is 8.39. The van der Waals surface area contributed by atoms with Crippen LogP contribution in [0.15, 0.2) is 60.7 Å². The van der Waals surface area contributed by atoms with Gasteiger partial charge in [0.15, 0.2) is 12.4 Å². The van der Waals surface area contributed by atoms with E-state index in [-0.39, 0.29) is 10.8 Å². The lowest BCUT2D eigenvalue weighted by atomic mass is 10.0. The Kier molecular flexibility index (Phi) is 6.29. The molecule has 142 valence electrons. The minimum atomic E-state index is -0.596. The smallest absolute Gasteiger partial charge is 0.338 e. The predicted molar refractivity (Wildman–Crippen MR) is 110 cm³/mol. The third kappa shape index (κ3) is 4.88. The van der Waals surface area contributed by atoms with Crippen molar-refractivity contribution in [1.29, 1.82) is 0 Å². The van der Waals surface area contributed by atoms with Gasteiger partial charge in [-0.3, -0.25) is 4.79 Å². The number of hydrogen-bond acceptors (Lipinski definition) is 4. The summed E-state index contributed by atoms with van der Waals surface area (Å²) in [4.78, 5) is 28.3. The van der Waals surface area contributed by atoms with E-state index in [2.05, 4.69) is 10.3 Å². The highest BCUT2D eigenvalue weighted by Gasteiger charge is 2.13. The fourth-order valence-corrected chi connectivity index (χ4v) is 2.86. The number of esters is 1. The number of rotatable bonds is 5. The van der Waals surface area contributed by atoms with Crippen LogP contribution in [0.25, 0.3) is 11.1 Å². The number of benzene rings is 2. The number of anilines is 1. The third-order valence-electron chi connectivity index (χ3n) is 3.92. The summed E-state index contributed by atoms with van der Waals surface area (Å²) in [5, 5.41) is 3.10. The van der Waals surface area contributed by atoms with Crippen LogP contribution < -0.4 is 5.32 Å². The quantitative estimate of drug-likeness (QED) is 0.585. The Morgan fingerprint density at radius 2 is 1.61 bits per heavy atom. The van der Waals surface area contributed by atoms with Gasteiger partial charge < -0.3 is 10.1 Å². The monoisotopic (exact) mass is 414 g/mol. The highest BCUT2D eigenvalue weighted by Crippen LogP contribution is 2.25. The van der Waals surface area contributed by atoms with Crippen molar-refractivity contribution < 1.29 is 14.3 Å². The minimum Gasteiger partial charge on any atom is -0.452 e. The van der Waals surface area contributed by atoms with Crippen molar-refractivity contribution in [1.82, 2.24) is 4.98 Å². The first-order chi connectivity index (χ1) is 13.4. The Morgan fingerprint density at radius 1 is 0.964 bits per heavy atom. The van der Waals surface area contributed by atoms with Crippen molar-refractivity contribution in [3.8, 4) is 11.1 Å². The van der Waals surface area contributed by atoms with E-state index in [1.165, 1.54) is 6.07 Å².